The molecule has 0 amide bonds. The van der Waals surface area contributed by atoms with E-state index in [-0.39, 0.29) is 0 Å². The van der Waals surface area contributed by atoms with Gasteiger partial charge < -0.3 is 15.5 Å². The Kier molecular flexibility index (Phi) is 6.57. The minimum atomic E-state index is 0.297. The van der Waals surface area contributed by atoms with Gasteiger partial charge in [0.1, 0.15) is 0 Å². The number of rotatable bonds is 7. The van der Waals surface area contributed by atoms with Gasteiger partial charge in [0.15, 0.2) is 0 Å². The first-order valence-electron chi connectivity index (χ1n) is 7.28. The summed E-state index contributed by atoms with van der Waals surface area (Å²) >= 11 is 0. The van der Waals surface area contributed by atoms with Gasteiger partial charge in [-0.2, -0.15) is 0 Å². The maximum Gasteiger partial charge on any atom is 0.0110 e. The van der Waals surface area contributed by atoms with E-state index in [9.17, 15) is 0 Å². The predicted molar refractivity (Wildman–Crippen MR) is 78.9 cm³/mol. The second kappa shape index (κ2) is 7.43. The van der Waals surface area contributed by atoms with Crippen molar-refractivity contribution in [3.8, 4) is 0 Å². The van der Waals surface area contributed by atoms with Crippen molar-refractivity contribution in [1.29, 1.82) is 0 Å². The van der Waals surface area contributed by atoms with Gasteiger partial charge in [-0.25, -0.2) is 0 Å². The molecule has 108 valence electrons. The third kappa shape index (κ3) is 5.22. The van der Waals surface area contributed by atoms with Crippen LogP contribution in [0.25, 0.3) is 0 Å². The van der Waals surface area contributed by atoms with Crippen LogP contribution >= 0.6 is 0 Å². The number of hydrogen-bond donors (Lipinski definition) is 1. The summed E-state index contributed by atoms with van der Waals surface area (Å²) in [6.07, 6.45) is 1.17. The highest BCUT2D eigenvalue weighted by molar-refractivity contribution is 4.81. The Bertz CT molecular complexity index is 218. The molecule has 1 unspecified atom stereocenters. The molecule has 4 heteroatoms. The topological polar surface area (TPSA) is 35.7 Å². The van der Waals surface area contributed by atoms with Crippen molar-refractivity contribution in [3.63, 3.8) is 0 Å². The molecule has 1 heterocycles. The third-order valence-corrected chi connectivity index (χ3v) is 4.28. The number of nitrogens with two attached hydrogens (primary N) is 1. The van der Waals surface area contributed by atoms with Crippen molar-refractivity contribution in [1.82, 2.24) is 14.7 Å². The highest BCUT2D eigenvalue weighted by atomic mass is 15.3. The summed E-state index contributed by atoms with van der Waals surface area (Å²) in [7, 11) is 4.29. The lowest BCUT2D eigenvalue weighted by molar-refractivity contribution is 0.0882. The van der Waals surface area contributed by atoms with E-state index in [1.54, 1.807) is 0 Å². The number of piperazine rings is 1. The summed E-state index contributed by atoms with van der Waals surface area (Å²) in [4.78, 5) is 7.42. The molecular weight excluding hydrogens is 224 g/mol. The lowest BCUT2D eigenvalue weighted by Crippen LogP contribution is -2.51. The normalized spacial score (nSPS) is 22.3. The van der Waals surface area contributed by atoms with Crippen LogP contribution in [0.15, 0.2) is 0 Å². The number of likely N-dealkylation sites (N-methyl/N-ethyl adjacent to an activating group) is 1. The number of hydrogen-bond acceptors (Lipinski definition) is 4. The zero-order valence-corrected chi connectivity index (χ0v) is 12.8. The van der Waals surface area contributed by atoms with Gasteiger partial charge in [-0.1, -0.05) is 13.8 Å². The molecule has 1 fully saturated rings. The fourth-order valence-corrected chi connectivity index (χ4v) is 2.37. The minimum absolute atomic E-state index is 0.297. The molecule has 0 aromatic heterocycles. The molecule has 1 aliphatic heterocycles. The van der Waals surface area contributed by atoms with E-state index in [1.807, 2.05) is 0 Å². The number of nitrogens with zero attached hydrogens (tertiary/aromatic N) is 3. The average molecular weight is 256 g/mol. The van der Waals surface area contributed by atoms with Crippen molar-refractivity contribution >= 4 is 0 Å². The van der Waals surface area contributed by atoms with Gasteiger partial charge in [-0.3, -0.25) is 4.90 Å². The lowest BCUT2D eigenvalue weighted by atomic mass is 9.87. The van der Waals surface area contributed by atoms with Gasteiger partial charge in [0.05, 0.1) is 0 Å². The molecule has 4 nitrogen and oxygen atoms in total. The second-order valence-corrected chi connectivity index (χ2v) is 6.29. The highest BCUT2D eigenvalue weighted by Crippen LogP contribution is 2.21. The molecular formula is C14H32N4. The lowest BCUT2D eigenvalue weighted by Gasteiger charge is -2.39. The summed E-state index contributed by atoms with van der Waals surface area (Å²) in [5.74, 6) is 0. The molecule has 0 spiro atoms. The Morgan fingerprint density at radius 1 is 1.11 bits per heavy atom. The van der Waals surface area contributed by atoms with E-state index in [2.05, 4.69) is 42.6 Å². The fraction of sp³-hybridized carbons (Fsp3) is 1.00. The fourth-order valence-electron chi connectivity index (χ4n) is 2.37. The summed E-state index contributed by atoms with van der Waals surface area (Å²) in [6, 6.07) is 0. The molecule has 0 aromatic carbocycles. The maximum absolute atomic E-state index is 5.90. The molecule has 0 aliphatic carbocycles. The van der Waals surface area contributed by atoms with Crippen LogP contribution in [0.5, 0.6) is 0 Å². The summed E-state index contributed by atoms with van der Waals surface area (Å²) in [6.45, 7) is 13.7. The van der Waals surface area contributed by atoms with Crippen LogP contribution in [0.3, 0.4) is 0 Å². The van der Waals surface area contributed by atoms with Gasteiger partial charge in [0.2, 0.25) is 0 Å². The molecule has 1 aliphatic rings. The maximum atomic E-state index is 5.90. The zero-order valence-electron chi connectivity index (χ0n) is 12.8. The van der Waals surface area contributed by atoms with E-state index in [0.29, 0.717) is 5.41 Å². The molecule has 0 bridgehead atoms. The first kappa shape index (κ1) is 15.9. The Morgan fingerprint density at radius 2 is 1.67 bits per heavy atom. The predicted octanol–water partition coefficient (Wildman–Crippen LogP) is 0.541. The van der Waals surface area contributed by atoms with Crippen molar-refractivity contribution in [2.24, 2.45) is 11.1 Å². The molecule has 18 heavy (non-hydrogen) atoms. The van der Waals surface area contributed by atoms with Gasteiger partial charge in [0, 0.05) is 45.8 Å². The minimum Gasteiger partial charge on any atom is -0.330 e. The Labute approximate surface area is 113 Å². The first-order chi connectivity index (χ1) is 8.49. The van der Waals surface area contributed by atoms with E-state index < -0.39 is 0 Å². The van der Waals surface area contributed by atoms with Crippen LogP contribution in [-0.2, 0) is 0 Å². The summed E-state index contributed by atoms with van der Waals surface area (Å²) < 4.78 is 0. The third-order valence-electron chi connectivity index (χ3n) is 4.28. The Morgan fingerprint density at radius 3 is 2.11 bits per heavy atom. The van der Waals surface area contributed by atoms with Gasteiger partial charge in [-0.05, 0) is 32.5 Å². The zero-order chi connectivity index (χ0) is 13.6. The Hall–Kier alpha value is -0.160. The van der Waals surface area contributed by atoms with Crippen LogP contribution in [-0.4, -0.2) is 81.2 Å². The molecule has 0 saturated carbocycles. The first-order valence-corrected chi connectivity index (χ1v) is 7.28. The molecule has 1 saturated heterocycles. The monoisotopic (exact) mass is 256 g/mol. The quantitative estimate of drug-likeness (QED) is 0.721. The van der Waals surface area contributed by atoms with Crippen LogP contribution in [0.4, 0.5) is 0 Å². The van der Waals surface area contributed by atoms with Crippen LogP contribution in [0.1, 0.15) is 20.3 Å². The second-order valence-electron chi connectivity index (χ2n) is 6.29. The standard InChI is InChI=1S/C14H32N4/c1-5-14(2,12-15)13-18-10-8-17(9-11-18)7-6-16(3)4/h5-13,15H2,1-4H3. The van der Waals surface area contributed by atoms with Gasteiger partial charge in [-0.15, -0.1) is 0 Å². The molecule has 2 N–H and O–H groups in total. The Balaban J connectivity index is 2.26. The summed E-state index contributed by atoms with van der Waals surface area (Å²) in [5.41, 5.74) is 6.20. The van der Waals surface area contributed by atoms with E-state index in [0.717, 1.165) is 19.6 Å². The van der Waals surface area contributed by atoms with Crippen LogP contribution in [0.2, 0.25) is 0 Å². The van der Waals surface area contributed by atoms with Gasteiger partial charge >= 0.3 is 0 Å². The SMILES string of the molecule is CCC(C)(CN)CN1CCN(CCN(C)C)CC1. The van der Waals surface area contributed by atoms with Crippen molar-refractivity contribution in [2.75, 3.05) is 66.5 Å². The molecule has 1 atom stereocenters. The smallest absolute Gasteiger partial charge is 0.0110 e. The van der Waals surface area contributed by atoms with E-state index >= 15 is 0 Å². The molecule has 1 rings (SSSR count). The van der Waals surface area contributed by atoms with Crippen LogP contribution < -0.4 is 5.73 Å². The molecule has 0 aromatic rings. The largest absolute Gasteiger partial charge is 0.330 e. The van der Waals surface area contributed by atoms with Crippen molar-refractivity contribution < 1.29 is 0 Å². The average Bonchev–Trinajstić information content (AvgIpc) is 2.37. The highest BCUT2D eigenvalue weighted by Gasteiger charge is 2.26. The summed E-state index contributed by atoms with van der Waals surface area (Å²) in [5, 5.41) is 0. The van der Waals surface area contributed by atoms with Crippen molar-refractivity contribution in [3.05, 3.63) is 0 Å². The van der Waals surface area contributed by atoms with Crippen LogP contribution in [0, 0.1) is 5.41 Å². The van der Waals surface area contributed by atoms with Gasteiger partial charge in [0.25, 0.3) is 0 Å². The van der Waals surface area contributed by atoms with E-state index in [1.165, 1.54) is 39.1 Å². The van der Waals surface area contributed by atoms with E-state index in [4.69, 9.17) is 5.73 Å². The van der Waals surface area contributed by atoms with Crippen molar-refractivity contribution in [2.45, 2.75) is 20.3 Å². The molecule has 0 radical (unpaired) electrons.